The van der Waals surface area contributed by atoms with E-state index in [9.17, 15) is 0 Å². The third-order valence-corrected chi connectivity index (χ3v) is 3.59. The van der Waals surface area contributed by atoms with Crippen molar-refractivity contribution >= 4 is 5.69 Å². The smallest absolute Gasteiger partial charge is 0.162 e. The molecule has 0 aliphatic heterocycles. The summed E-state index contributed by atoms with van der Waals surface area (Å²) < 4.78 is 11.1. The fourth-order valence-electron chi connectivity index (χ4n) is 2.51. The van der Waals surface area contributed by atoms with Gasteiger partial charge in [-0.3, -0.25) is 0 Å². The second-order valence-electron chi connectivity index (χ2n) is 4.82. The van der Waals surface area contributed by atoms with E-state index in [4.69, 9.17) is 15.2 Å². The molecule has 2 aromatic rings. The monoisotopic (exact) mass is 255 g/mol. The maximum Gasteiger partial charge on any atom is 0.162 e. The molecule has 3 heteroatoms. The second kappa shape index (κ2) is 4.84. The van der Waals surface area contributed by atoms with Gasteiger partial charge in [-0.2, -0.15) is 0 Å². The first-order valence-electron chi connectivity index (χ1n) is 6.42. The summed E-state index contributed by atoms with van der Waals surface area (Å²) in [6, 6.07) is 14.0. The highest BCUT2D eigenvalue weighted by atomic mass is 16.5. The number of rotatable bonds is 4. The normalized spacial score (nSPS) is 16.4. The number of methoxy groups -OCH3 is 1. The van der Waals surface area contributed by atoms with E-state index in [1.165, 1.54) is 11.1 Å². The molecule has 0 bridgehead atoms. The van der Waals surface area contributed by atoms with Gasteiger partial charge in [-0.25, -0.2) is 0 Å². The summed E-state index contributed by atoms with van der Waals surface area (Å²) in [6.07, 6.45) is 1.09. The Labute approximate surface area is 113 Å². The molecule has 3 nitrogen and oxygen atoms in total. The first kappa shape index (κ1) is 11.9. The van der Waals surface area contributed by atoms with Crippen molar-refractivity contribution in [2.45, 2.75) is 12.3 Å². The van der Waals surface area contributed by atoms with Crippen molar-refractivity contribution < 1.29 is 9.47 Å². The quantitative estimate of drug-likeness (QED) is 0.854. The average Bonchev–Trinajstić information content (AvgIpc) is 2.41. The van der Waals surface area contributed by atoms with Gasteiger partial charge in [0.1, 0.15) is 0 Å². The van der Waals surface area contributed by atoms with Crippen molar-refractivity contribution in [1.29, 1.82) is 0 Å². The Morgan fingerprint density at radius 1 is 1.16 bits per heavy atom. The van der Waals surface area contributed by atoms with Crippen LogP contribution in [0.4, 0.5) is 5.69 Å². The van der Waals surface area contributed by atoms with Gasteiger partial charge in [0.25, 0.3) is 0 Å². The summed E-state index contributed by atoms with van der Waals surface area (Å²) in [5, 5.41) is 0. The molecular formula is C16H17NO2. The summed E-state index contributed by atoms with van der Waals surface area (Å²) in [7, 11) is 1.63. The van der Waals surface area contributed by atoms with Crippen LogP contribution < -0.4 is 15.2 Å². The molecule has 1 atom stereocenters. The molecule has 0 saturated carbocycles. The first-order chi connectivity index (χ1) is 9.28. The molecule has 0 amide bonds. The number of hydrogen-bond acceptors (Lipinski definition) is 3. The molecule has 0 saturated heterocycles. The number of benzene rings is 2. The number of anilines is 1. The summed E-state index contributed by atoms with van der Waals surface area (Å²) in [4.78, 5) is 0. The van der Waals surface area contributed by atoms with Gasteiger partial charge in [-0.05, 0) is 29.7 Å². The van der Waals surface area contributed by atoms with Crippen LogP contribution in [0.15, 0.2) is 42.5 Å². The van der Waals surface area contributed by atoms with Crippen molar-refractivity contribution in [2.75, 3.05) is 19.5 Å². The van der Waals surface area contributed by atoms with E-state index in [1.807, 2.05) is 12.1 Å². The highest BCUT2D eigenvalue weighted by Gasteiger charge is 2.26. The van der Waals surface area contributed by atoms with Crippen molar-refractivity contribution in [2.24, 2.45) is 0 Å². The molecule has 0 spiro atoms. The maximum atomic E-state index is 5.86. The van der Waals surface area contributed by atoms with Gasteiger partial charge in [0, 0.05) is 17.7 Å². The molecule has 2 N–H and O–H groups in total. The van der Waals surface area contributed by atoms with Gasteiger partial charge in [-0.15, -0.1) is 0 Å². The lowest BCUT2D eigenvalue weighted by Crippen LogP contribution is -2.23. The SMILES string of the molecule is COc1cc(N)ccc1OCC1Cc2ccccc21. The fraction of sp³-hybridized carbons (Fsp3) is 0.250. The molecule has 1 aliphatic rings. The van der Waals surface area contributed by atoms with Crippen molar-refractivity contribution in [1.82, 2.24) is 0 Å². The molecule has 3 rings (SSSR count). The zero-order chi connectivity index (χ0) is 13.2. The van der Waals surface area contributed by atoms with Crippen LogP contribution >= 0.6 is 0 Å². The van der Waals surface area contributed by atoms with Gasteiger partial charge in [-0.1, -0.05) is 24.3 Å². The van der Waals surface area contributed by atoms with Crippen molar-refractivity contribution in [3.63, 3.8) is 0 Å². The molecule has 1 aliphatic carbocycles. The predicted octanol–water partition coefficient (Wildman–Crippen LogP) is 3.00. The summed E-state index contributed by atoms with van der Waals surface area (Å²) >= 11 is 0. The summed E-state index contributed by atoms with van der Waals surface area (Å²) in [5.74, 6) is 1.92. The minimum absolute atomic E-state index is 0.485. The molecule has 19 heavy (non-hydrogen) atoms. The minimum atomic E-state index is 0.485. The van der Waals surface area contributed by atoms with Crippen LogP contribution in [-0.4, -0.2) is 13.7 Å². The Kier molecular flexibility index (Phi) is 3.03. The van der Waals surface area contributed by atoms with E-state index >= 15 is 0 Å². The van der Waals surface area contributed by atoms with Crippen LogP contribution in [0.3, 0.4) is 0 Å². The van der Waals surface area contributed by atoms with Crippen molar-refractivity contribution in [3.8, 4) is 11.5 Å². The zero-order valence-corrected chi connectivity index (χ0v) is 10.9. The molecule has 98 valence electrons. The topological polar surface area (TPSA) is 44.5 Å². The number of hydrogen-bond donors (Lipinski definition) is 1. The maximum absolute atomic E-state index is 5.86. The largest absolute Gasteiger partial charge is 0.493 e. The molecular weight excluding hydrogens is 238 g/mol. The number of nitrogen functional groups attached to an aromatic ring is 1. The highest BCUT2D eigenvalue weighted by Crippen LogP contribution is 2.36. The van der Waals surface area contributed by atoms with E-state index in [-0.39, 0.29) is 0 Å². The lowest BCUT2D eigenvalue weighted by molar-refractivity contribution is 0.261. The van der Waals surface area contributed by atoms with Crippen molar-refractivity contribution in [3.05, 3.63) is 53.6 Å². The van der Waals surface area contributed by atoms with E-state index < -0.39 is 0 Å². The molecule has 2 aromatic carbocycles. The van der Waals surface area contributed by atoms with Crippen LogP contribution in [-0.2, 0) is 6.42 Å². The minimum Gasteiger partial charge on any atom is -0.493 e. The van der Waals surface area contributed by atoms with Gasteiger partial charge >= 0.3 is 0 Å². The highest BCUT2D eigenvalue weighted by molar-refractivity contribution is 5.52. The fourth-order valence-corrected chi connectivity index (χ4v) is 2.51. The van der Waals surface area contributed by atoms with Crippen LogP contribution in [0.1, 0.15) is 17.0 Å². The number of ether oxygens (including phenoxy) is 2. The zero-order valence-electron chi connectivity index (χ0n) is 10.9. The standard InChI is InChI=1S/C16H17NO2/c1-18-16-9-13(17)6-7-15(16)19-10-12-8-11-4-2-3-5-14(11)12/h2-7,9,12H,8,10,17H2,1H3. The van der Waals surface area contributed by atoms with E-state index in [0.29, 0.717) is 24.0 Å². The number of nitrogens with two attached hydrogens (primary N) is 1. The molecule has 0 heterocycles. The van der Waals surface area contributed by atoms with Gasteiger partial charge in [0.15, 0.2) is 11.5 Å². The van der Waals surface area contributed by atoms with Crippen LogP contribution in [0.5, 0.6) is 11.5 Å². The molecule has 1 unspecified atom stereocenters. The van der Waals surface area contributed by atoms with Crippen LogP contribution in [0.25, 0.3) is 0 Å². The average molecular weight is 255 g/mol. The second-order valence-corrected chi connectivity index (χ2v) is 4.82. The Bertz CT molecular complexity index is 595. The summed E-state index contributed by atoms with van der Waals surface area (Å²) in [6.45, 7) is 0.678. The molecule has 0 aromatic heterocycles. The summed E-state index contributed by atoms with van der Waals surface area (Å²) in [5.41, 5.74) is 9.23. The van der Waals surface area contributed by atoms with E-state index in [0.717, 1.165) is 12.2 Å². The lowest BCUT2D eigenvalue weighted by atomic mass is 9.78. The Morgan fingerprint density at radius 3 is 2.79 bits per heavy atom. The Balaban J connectivity index is 1.68. The van der Waals surface area contributed by atoms with Crippen LogP contribution in [0, 0.1) is 0 Å². The van der Waals surface area contributed by atoms with Gasteiger partial charge in [0.05, 0.1) is 13.7 Å². The molecule has 0 radical (unpaired) electrons. The molecule has 0 fully saturated rings. The lowest BCUT2D eigenvalue weighted by Gasteiger charge is -2.30. The third kappa shape index (κ3) is 2.24. The Hall–Kier alpha value is -2.16. The van der Waals surface area contributed by atoms with E-state index in [1.54, 1.807) is 13.2 Å². The first-order valence-corrected chi connectivity index (χ1v) is 6.42. The van der Waals surface area contributed by atoms with Gasteiger partial charge < -0.3 is 15.2 Å². The van der Waals surface area contributed by atoms with Gasteiger partial charge in [0.2, 0.25) is 0 Å². The number of fused-ring (bicyclic) bond motifs is 1. The third-order valence-electron chi connectivity index (χ3n) is 3.59. The van der Waals surface area contributed by atoms with Crippen LogP contribution in [0.2, 0.25) is 0 Å². The van der Waals surface area contributed by atoms with E-state index in [2.05, 4.69) is 24.3 Å². The Morgan fingerprint density at radius 2 is 2.00 bits per heavy atom. The predicted molar refractivity (Wildman–Crippen MR) is 75.8 cm³/mol.